The molecule has 2 aliphatic rings. The minimum Gasteiger partial charge on any atom is -0.361 e. The summed E-state index contributed by atoms with van der Waals surface area (Å²) in [5, 5.41) is 1.76. The Morgan fingerprint density at radius 3 is 2.48 bits per heavy atom. The van der Waals surface area contributed by atoms with Gasteiger partial charge in [0.15, 0.2) is 0 Å². The highest BCUT2D eigenvalue weighted by atomic mass is 79.9. The molecule has 0 unspecified atom stereocenters. The third kappa shape index (κ3) is 6.59. The van der Waals surface area contributed by atoms with Crippen LogP contribution in [0.2, 0.25) is 5.02 Å². The van der Waals surface area contributed by atoms with E-state index in [0.717, 1.165) is 70.5 Å². The normalized spacial score (nSPS) is 21.0. The molecule has 6 nitrogen and oxygen atoms in total. The van der Waals surface area contributed by atoms with Gasteiger partial charge in [0.25, 0.3) is 0 Å². The molecule has 0 aliphatic carbocycles. The average Bonchev–Trinajstić information content (AvgIpc) is 3.52. The van der Waals surface area contributed by atoms with Gasteiger partial charge >= 0.3 is 0 Å². The number of carbonyl (C=O) groups is 2. The van der Waals surface area contributed by atoms with Gasteiger partial charge in [0.2, 0.25) is 11.8 Å². The van der Waals surface area contributed by atoms with Crippen LogP contribution < -0.4 is 0 Å². The Kier molecular flexibility index (Phi) is 9.43. The van der Waals surface area contributed by atoms with E-state index < -0.39 is 4.75 Å². The molecule has 4 aromatic rings. The molecule has 2 amide bonds. The molecule has 0 bridgehead atoms. The quantitative estimate of drug-likeness (QED) is 0.194. The number of rotatable bonds is 9. The Labute approximate surface area is 277 Å². The second-order valence-corrected chi connectivity index (χ2v) is 14.9. The first-order valence-corrected chi connectivity index (χ1v) is 17.3. The number of aromatic nitrogens is 1. The van der Waals surface area contributed by atoms with Crippen LogP contribution in [0.25, 0.3) is 10.9 Å². The number of hydrogen-bond acceptors (Lipinski definition) is 4. The van der Waals surface area contributed by atoms with Crippen molar-refractivity contribution in [2.24, 2.45) is 0 Å². The molecule has 3 heterocycles. The first-order chi connectivity index (χ1) is 21.2. The summed E-state index contributed by atoms with van der Waals surface area (Å²) in [6, 6.07) is 22.7. The van der Waals surface area contributed by atoms with Crippen molar-refractivity contribution >= 4 is 62.0 Å². The third-order valence-corrected chi connectivity index (χ3v) is 11.0. The van der Waals surface area contributed by atoms with Crippen molar-refractivity contribution in [3.05, 3.63) is 99.1 Å². The molecule has 230 valence electrons. The number of aryl methyl sites for hydroxylation is 1. The van der Waals surface area contributed by atoms with Crippen molar-refractivity contribution < 1.29 is 9.59 Å². The lowest BCUT2D eigenvalue weighted by atomic mass is 9.91. The zero-order valence-corrected chi connectivity index (χ0v) is 28.4. The van der Waals surface area contributed by atoms with E-state index in [0.29, 0.717) is 24.4 Å². The molecule has 9 heteroatoms. The van der Waals surface area contributed by atoms with Gasteiger partial charge in [-0.15, -0.1) is 11.8 Å². The standard InChI is InChI=1S/C35H38BrClN4O2S/c1-3-4-32(42)40-17-15-39(16-18-40)23-35(44-28-12-5-24(2)6-13-28)20-33(43)41(22-25-7-9-26(36)10-8-25)34(35)30-21-38-31-19-27(37)11-14-29(30)31/h5-14,19,21,34,38H,3-4,15-18,20,22-23H2,1-2H3/t34-,35+/m0/s1. The Morgan fingerprint density at radius 2 is 1.77 bits per heavy atom. The lowest BCUT2D eigenvalue weighted by molar-refractivity contribution is -0.133. The number of hydrogen-bond donors (Lipinski definition) is 1. The minimum atomic E-state index is -0.466. The molecule has 0 saturated carbocycles. The fraction of sp³-hybridized carbons (Fsp3) is 0.371. The summed E-state index contributed by atoms with van der Waals surface area (Å²) in [5.74, 6) is 0.389. The van der Waals surface area contributed by atoms with E-state index in [1.54, 1.807) is 0 Å². The number of piperazine rings is 1. The maximum atomic E-state index is 14.3. The number of thioether (sulfide) groups is 1. The predicted octanol–water partition coefficient (Wildman–Crippen LogP) is 7.84. The molecule has 2 saturated heterocycles. The Hall–Kier alpha value is -2.78. The molecule has 6 rings (SSSR count). The number of carbonyl (C=O) groups excluding carboxylic acids is 2. The number of aromatic amines is 1. The molecule has 0 radical (unpaired) electrons. The molecule has 3 aromatic carbocycles. The van der Waals surface area contributed by atoms with Gasteiger partial charge in [-0.25, -0.2) is 0 Å². The van der Waals surface area contributed by atoms with E-state index >= 15 is 0 Å². The Balaban J connectivity index is 1.42. The summed E-state index contributed by atoms with van der Waals surface area (Å²) in [4.78, 5) is 38.1. The van der Waals surface area contributed by atoms with E-state index in [1.165, 1.54) is 5.56 Å². The first-order valence-electron chi connectivity index (χ1n) is 15.3. The van der Waals surface area contributed by atoms with Gasteiger partial charge in [0.05, 0.1) is 10.8 Å². The topological polar surface area (TPSA) is 59.7 Å². The van der Waals surface area contributed by atoms with E-state index in [1.807, 2.05) is 40.9 Å². The van der Waals surface area contributed by atoms with Crippen LogP contribution in [0.1, 0.15) is 48.9 Å². The smallest absolute Gasteiger partial charge is 0.224 e. The number of nitrogens with zero attached hydrogens (tertiary/aromatic N) is 3. The number of H-pyrrole nitrogens is 1. The van der Waals surface area contributed by atoms with Crippen molar-refractivity contribution in [2.45, 2.75) is 55.3 Å². The van der Waals surface area contributed by atoms with Crippen LogP contribution in [-0.4, -0.2) is 69.0 Å². The lowest BCUT2D eigenvalue weighted by Crippen LogP contribution is -2.53. The van der Waals surface area contributed by atoms with E-state index in [9.17, 15) is 9.59 Å². The molecule has 44 heavy (non-hydrogen) atoms. The SMILES string of the molecule is CCCC(=O)N1CCN(C[C@]2(Sc3ccc(C)cc3)CC(=O)N(Cc3ccc(Br)cc3)[C@H]2c2c[nH]c3cc(Cl)ccc23)CC1. The number of benzene rings is 3. The van der Waals surface area contributed by atoms with Crippen LogP contribution in [-0.2, 0) is 16.1 Å². The molecular formula is C35H38BrClN4O2S. The van der Waals surface area contributed by atoms with Crippen LogP contribution >= 0.6 is 39.3 Å². The van der Waals surface area contributed by atoms with Crippen LogP contribution in [0.4, 0.5) is 0 Å². The van der Waals surface area contributed by atoms with E-state index in [2.05, 4.69) is 93.2 Å². The van der Waals surface area contributed by atoms with Gasteiger partial charge in [-0.2, -0.15) is 0 Å². The number of fused-ring (bicyclic) bond motifs is 1. The van der Waals surface area contributed by atoms with E-state index in [-0.39, 0.29) is 17.9 Å². The number of likely N-dealkylation sites (tertiary alicyclic amines) is 1. The second-order valence-electron chi connectivity index (χ2n) is 12.0. The first kappa shape index (κ1) is 31.2. The highest BCUT2D eigenvalue weighted by molar-refractivity contribution is 9.10. The molecule has 2 fully saturated rings. The summed E-state index contributed by atoms with van der Waals surface area (Å²) in [7, 11) is 0. The van der Waals surface area contributed by atoms with Crippen LogP contribution in [0, 0.1) is 6.92 Å². The zero-order valence-electron chi connectivity index (χ0n) is 25.2. The van der Waals surface area contributed by atoms with Gasteiger partial charge in [-0.1, -0.05) is 70.3 Å². The number of nitrogens with one attached hydrogen (secondary N) is 1. The molecular weight excluding hydrogens is 656 g/mol. The predicted molar refractivity (Wildman–Crippen MR) is 183 cm³/mol. The number of amides is 2. The average molecular weight is 694 g/mol. The van der Waals surface area contributed by atoms with Gasteiger partial charge < -0.3 is 14.8 Å². The summed E-state index contributed by atoms with van der Waals surface area (Å²) in [6.07, 6.45) is 3.95. The van der Waals surface area contributed by atoms with Crippen molar-refractivity contribution in [1.29, 1.82) is 0 Å². The lowest BCUT2D eigenvalue weighted by Gasteiger charge is -2.43. The number of halogens is 2. The van der Waals surface area contributed by atoms with Crippen molar-refractivity contribution in [3.8, 4) is 0 Å². The highest BCUT2D eigenvalue weighted by Gasteiger charge is 2.54. The fourth-order valence-corrected chi connectivity index (χ4v) is 8.65. The van der Waals surface area contributed by atoms with Crippen LogP contribution in [0.15, 0.2) is 82.3 Å². The van der Waals surface area contributed by atoms with Gasteiger partial charge in [-0.05, 0) is 55.3 Å². The summed E-state index contributed by atoms with van der Waals surface area (Å²) >= 11 is 11.8. The van der Waals surface area contributed by atoms with Gasteiger partial charge in [-0.3, -0.25) is 14.5 Å². The maximum absolute atomic E-state index is 14.3. The Morgan fingerprint density at radius 1 is 1.05 bits per heavy atom. The maximum Gasteiger partial charge on any atom is 0.224 e. The van der Waals surface area contributed by atoms with Crippen molar-refractivity contribution in [1.82, 2.24) is 19.7 Å². The van der Waals surface area contributed by atoms with Gasteiger partial charge in [0, 0.05) is 89.2 Å². The monoisotopic (exact) mass is 692 g/mol. The van der Waals surface area contributed by atoms with Gasteiger partial charge in [0.1, 0.15) is 0 Å². The molecule has 1 N–H and O–H groups in total. The highest BCUT2D eigenvalue weighted by Crippen LogP contribution is 2.54. The van der Waals surface area contributed by atoms with E-state index in [4.69, 9.17) is 11.6 Å². The molecule has 1 aromatic heterocycles. The van der Waals surface area contributed by atoms with Crippen molar-refractivity contribution in [3.63, 3.8) is 0 Å². The molecule has 2 aliphatic heterocycles. The summed E-state index contributed by atoms with van der Waals surface area (Å²) < 4.78 is 0.548. The Bertz CT molecular complexity index is 1640. The fourth-order valence-electron chi connectivity index (χ4n) is 6.66. The second kappa shape index (κ2) is 13.3. The molecule has 2 atom stereocenters. The van der Waals surface area contributed by atoms with Crippen molar-refractivity contribution in [2.75, 3.05) is 32.7 Å². The zero-order chi connectivity index (χ0) is 30.8. The summed E-state index contributed by atoms with van der Waals surface area (Å²) in [6.45, 7) is 8.43. The van der Waals surface area contributed by atoms with Crippen LogP contribution in [0.5, 0.6) is 0 Å². The summed E-state index contributed by atoms with van der Waals surface area (Å²) in [5.41, 5.74) is 4.37. The van der Waals surface area contributed by atoms with Crippen LogP contribution in [0.3, 0.4) is 0 Å². The largest absolute Gasteiger partial charge is 0.361 e. The minimum absolute atomic E-state index is 0.151. The molecule has 0 spiro atoms. The third-order valence-electron chi connectivity index (χ3n) is 8.84.